The van der Waals surface area contributed by atoms with Crippen LogP contribution in [0.3, 0.4) is 0 Å². The van der Waals surface area contributed by atoms with Crippen LogP contribution in [0.1, 0.15) is 14.9 Å². The SMILES string of the molecule is C.C.Fc1ccc(-c2ccccc2)cc1. The average Bonchev–Trinajstić information content (AvgIpc) is 2.20. The fraction of sp³-hybridized carbons (Fsp3) is 0.143. The van der Waals surface area contributed by atoms with Crippen LogP contribution in [0.5, 0.6) is 0 Å². The van der Waals surface area contributed by atoms with Crippen molar-refractivity contribution in [2.24, 2.45) is 0 Å². The fourth-order valence-corrected chi connectivity index (χ4v) is 1.27. The van der Waals surface area contributed by atoms with Gasteiger partial charge in [0.2, 0.25) is 0 Å². The van der Waals surface area contributed by atoms with E-state index < -0.39 is 0 Å². The molecule has 0 bridgehead atoms. The Balaban J connectivity index is 0.000000980. The maximum atomic E-state index is 12.6. The van der Waals surface area contributed by atoms with Gasteiger partial charge in [-0.25, -0.2) is 4.39 Å². The van der Waals surface area contributed by atoms with Gasteiger partial charge in [0.15, 0.2) is 0 Å². The summed E-state index contributed by atoms with van der Waals surface area (Å²) < 4.78 is 12.6. The molecule has 2 aromatic carbocycles. The third-order valence-corrected chi connectivity index (χ3v) is 1.95. The van der Waals surface area contributed by atoms with Crippen LogP contribution < -0.4 is 0 Å². The summed E-state index contributed by atoms with van der Waals surface area (Å²) in [5, 5.41) is 0. The zero-order chi connectivity index (χ0) is 9.10. The summed E-state index contributed by atoms with van der Waals surface area (Å²) in [7, 11) is 0. The zero-order valence-corrected chi connectivity index (χ0v) is 7.07. The summed E-state index contributed by atoms with van der Waals surface area (Å²) in [6, 6.07) is 16.4. The molecular weight excluding hydrogens is 187 g/mol. The number of benzene rings is 2. The second-order valence-electron chi connectivity index (χ2n) is 2.87. The summed E-state index contributed by atoms with van der Waals surface area (Å²) in [6.07, 6.45) is 0. The van der Waals surface area contributed by atoms with Gasteiger partial charge < -0.3 is 0 Å². The second kappa shape index (κ2) is 5.97. The largest absolute Gasteiger partial charge is 0.207 e. The molecule has 0 fully saturated rings. The lowest BCUT2D eigenvalue weighted by Gasteiger charge is -1.99. The van der Waals surface area contributed by atoms with Gasteiger partial charge in [-0.15, -0.1) is 0 Å². The summed E-state index contributed by atoms with van der Waals surface area (Å²) in [6.45, 7) is 0. The Hall–Kier alpha value is -1.63. The van der Waals surface area contributed by atoms with E-state index in [2.05, 4.69) is 0 Å². The molecule has 0 atom stereocenters. The molecule has 0 saturated carbocycles. The molecule has 0 aliphatic carbocycles. The van der Waals surface area contributed by atoms with E-state index in [4.69, 9.17) is 0 Å². The molecule has 1 heteroatoms. The first-order valence-corrected chi connectivity index (χ1v) is 4.17. The molecule has 0 aliphatic rings. The summed E-state index contributed by atoms with van der Waals surface area (Å²) in [5.74, 6) is -0.195. The lowest BCUT2D eigenvalue weighted by molar-refractivity contribution is 0.628. The van der Waals surface area contributed by atoms with Crippen molar-refractivity contribution in [2.75, 3.05) is 0 Å². The smallest absolute Gasteiger partial charge is 0.123 e. The molecule has 2 rings (SSSR count). The Morgan fingerprint density at radius 1 is 0.600 bits per heavy atom. The van der Waals surface area contributed by atoms with Crippen molar-refractivity contribution in [2.45, 2.75) is 14.9 Å². The number of hydrogen-bond acceptors (Lipinski definition) is 0. The Labute approximate surface area is 91.4 Å². The van der Waals surface area contributed by atoms with E-state index in [1.165, 1.54) is 12.1 Å². The highest BCUT2D eigenvalue weighted by Crippen LogP contribution is 2.18. The van der Waals surface area contributed by atoms with Gasteiger partial charge in [-0.3, -0.25) is 0 Å². The number of rotatable bonds is 1. The maximum Gasteiger partial charge on any atom is 0.123 e. The molecule has 80 valence electrons. The predicted molar refractivity (Wildman–Crippen MR) is 65.3 cm³/mol. The minimum atomic E-state index is -0.195. The first kappa shape index (κ1) is 13.4. The van der Waals surface area contributed by atoms with E-state index in [0.717, 1.165) is 11.1 Å². The first-order chi connectivity index (χ1) is 6.36. The molecule has 0 unspecified atom stereocenters. The third kappa shape index (κ3) is 3.21. The summed E-state index contributed by atoms with van der Waals surface area (Å²) in [5.41, 5.74) is 2.16. The highest BCUT2D eigenvalue weighted by Gasteiger charge is 1.95. The van der Waals surface area contributed by atoms with E-state index in [1.54, 1.807) is 12.1 Å². The molecule has 2 aromatic rings. The average molecular weight is 204 g/mol. The van der Waals surface area contributed by atoms with E-state index in [0.29, 0.717) is 0 Å². The molecule has 0 nitrogen and oxygen atoms in total. The standard InChI is InChI=1S/C12H9F.2CH4/c13-12-8-6-11(7-9-12)10-4-2-1-3-5-10;;/h1-9H;2*1H4. The topological polar surface area (TPSA) is 0 Å². The third-order valence-electron chi connectivity index (χ3n) is 1.95. The molecule has 0 aromatic heterocycles. The van der Waals surface area contributed by atoms with Crippen molar-refractivity contribution in [1.82, 2.24) is 0 Å². The number of hydrogen-bond donors (Lipinski definition) is 0. The molecule has 15 heavy (non-hydrogen) atoms. The zero-order valence-electron chi connectivity index (χ0n) is 7.07. The molecule has 0 saturated heterocycles. The lowest BCUT2D eigenvalue weighted by Crippen LogP contribution is -1.77. The normalized spacial score (nSPS) is 8.60. The maximum absolute atomic E-state index is 12.6. The van der Waals surface area contributed by atoms with E-state index in [-0.39, 0.29) is 20.7 Å². The van der Waals surface area contributed by atoms with Crippen molar-refractivity contribution in [1.29, 1.82) is 0 Å². The Morgan fingerprint density at radius 3 is 1.60 bits per heavy atom. The molecule has 0 aliphatic heterocycles. The summed E-state index contributed by atoms with van der Waals surface area (Å²) >= 11 is 0. The van der Waals surface area contributed by atoms with Crippen molar-refractivity contribution >= 4 is 0 Å². The van der Waals surface area contributed by atoms with Gasteiger partial charge in [-0.2, -0.15) is 0 Å². The highest BCUT2D eigenvalue weighted by molar-refractivity contribution is 5.62. The molecule has 0 amide bonds. The Bertz CT molecular complexity index is 376. The monoisotopic (exact) mass is 204 g/mol. The highest BCUT2D eigenvalue weighted by atomic mass is 19.1. The van der Waals surface area contributed by atoms with Crippen LogP contribution in [0.25, 0.3) is 11.1 Å². The molecule has 0 radical (unpaired) electrons. The van der Waals surface area contributed by atoms with Gasteiger partial charge in [0, 0.05) is 0 Å². The predicted octanol–water partition coefficient (Wildman–Crippen LogP) is 4.76. The van der Waals surface area contributed by atoms with Gasteiger partial charge in [-0.05, 0) is 23.3 Å². The van der Waals surface area contributed by atoms with Gasteiger partial charge >= 0.3 is 0 Å². The van der Waals surface area contributed by atoms with Crippen LogP contribution in [-0.2, 0) is 0 Å². The Morgan fingerprint density at radius 2 is 1.07 bits per heavy atom. The minimum absolute atomic E-state index is 0. The molecule has 0 heterocycles. The van der Waals surface area contributed by atoms with Gasteiger partial charge in [0.05, 0.1) is 0 Å². The molecule has 0 N–H and O–H groups in total. The number of halogens is 1. The van der Waals surface area contributed by atoms with Crippen LogP contribution in [0.2, 0.25) is 0 Å². The van der Waals surface area contributed by atoms with Crippen molar-refractivity contribution < 1.29 is 4.39 Å². The quantitative estimate of drug-likeness (QED) is 0.628. The van der Waals surface area contributed by atoms with Crippen LogP contribution in [0.4, 0.5) is 4.39 Å². The minimum Gasteiger partial charge on any atom is -0.207 e. The second-order valence-corrected chi connectivity index (χ2v) is 2.87. The molecular formula is C14H17F. The van der Waals surface area contributed by atoms with Crippen molar-refractivity contribution in [3.8, 4) is 11.1 Å². The van der Waals surface area contributed by atoms with Gasteiger partial charge in [0.1, 0.15) is 5.82 Å². The summed E-state index contributed by atoms with van der Waals surface area (Å²) in [4.78, 5) is 0. The van der Waals surface area contributed by atoms with Crippen LogP contribution in [0.15, 0.2) is 54.6 Å². The van der Waals surface area contributed by atoms with Crippen molar-refractivity contribution in [3.05, 3.63) is 60.4 Å². The van der Waals surface area contributed by atoms with Gasteiger partial charge in [0.25, 0.3) is 0 Å². The van der Waals surface area contributed by atoms with E-state index in [9.17, 15) is 4.39 Å². The van der Waals surface area contributed by atoms with Crippen LogP contribution >= 0.6 is 0 Å². The first-order valence-electron chi connectivity index (χ1n) is 4.17. The van der Waals surface area contributed by atoms with Crippen LogP contribution in [-0.4, -0.2) is 0 Å². The van der Waals surface area contributed by atoms with E-state index in [1.807, 2.05) is 30.3 Å². The van der Waals surface area contributed by atoms with Crippen LogP contribution in [0, 0.1) is 5.82 Å². The van der Waals surface area contributed by atoms with Gasteiger partial charge in [-0.1, -0.05) is 57.3 Å². The lowest BCUT2D eigenvalue weighted by atomic mass is 10.1. The molecule has 0 spiro atoms. The Kier molecular flexibility index (Phi) is 5.32. The van der Waals surface area contributed by atoms with E-state index >= 15 is 0 Å². The van der Waals surface area contributed by atoms with Crippen molar-refractivity contribution in [3.63, 3.8) is 0 Å². The fourth-order valence-electron chi connectivity index (χ4n) is 1.27.